The molecule has 0 atom stereocenters. The minimum atomic E-state index is -1.34. The average Bonchev–Trinajstić information content (AvgIpc) is 2.04. The van der Waals surface area contributed by atoms with E-state index in [1.807, 2.05) is 0 Å². The van der Waals surface area contributed by atoms with Crippen LogP contribution in [0.3, 0.4) is 0 Å². The molecule has 6 nitrogen and oxygen atoms in total. The van der Waals surface area contributed by atoms with Gasteiger partial charge in [-0.1, -0.05) is 0 Å². The van der Waals surface area contributed by atoms with Gasteiger partial charge in [0.1, 0.15) is 0 Å². The topological polar surface area (TPSA) is 122 Å². The van der Waals surface area contributed by atoms with E-state index in [9.17, 15) is 9.59 Å². The molecule has 0 fully saturated rings. The second kappa shape index (κ2) is 4.17. The minimum absolute atomic E-state index is 0. The summed E-state index contributed by atoms with van der Waals surface area (Å²) in [6.07, 6.45) is 1.23. The van der Waals surface area contributed by atoms with Gasteiger partial charge in [-0.15, -0.1) is 0 Å². The van der Waals surface area contributed by atoms with E-state index in [2.05, 4.69) is 4.98 Å². The van der Waals surface area contributed by atoms with Crippen molar-refractivity contribution in [3.63, 3.8) is 0 Å². The number of hydrogen-bond acceptors (Lipinski definition) is 4. The fraction of sp³-hybridized carbons (Fsp3) is 0. The van der Waals surface area contributed by atoms with Gasteiger partial charge in [-0.25, -0.2) is 14.6 Å². The zero-order valence-corrected chi connectivity index (χ0v) is 6.60. The third-order valence-corrected chi connectivity index (χ3v) is 1.24. The molecule has 0 saturated carbocycles. The highest BCUT2D eigenvalue weighted by atomic mass is 16.4. The SMILES string of the molecule is N.O=C(O)c1cccnc1C(=O)O. The molecule has 0 saturated heterocycles. The molecule has 1 rings (SSSR count). The summed E-state index contributed by atoms with van der Waals surface area (Å²) >= 11 is 0. The van der Waals surface area contributed by atoms with E-state index in [0.29, 0.717) is 0 Å². The van der Waals surface area contributed by atoms with Crippen LogP contribution in [0.5, 0.6) is 0 Å². The summed E-state index contributed by atoms with van der Waals surface area (Å²) in [4.78, 5) is 24.2. The van der Waals surface area contributed by atoms with Crippen LogP contribution < -0.4 is 6.15 Å². The smallest absolute Gasteiger partial charge is 0.355 e. The van der Waals surface area contributed by atoms with Crippen LogP contribution >= 0.6 is 0 Å². The van der Waals surface area contributed by atoms with Crippen molar-refractivity contribution in [2.24, 2.45) is 0 Å². The second-order valence-electron chi connectivity index (χ2n) is 2.01. The van der Waals surface area contributed by atoms with Crippen LogP contribution in [-0.2, 0) is 0 Å². The van der Waals surface area contributed by atoms with Crippen molar-refractivity contribution in [2.75, 3.05) is 0 Å². The lowest BCUT2D eigenvalue weighted by Crippen LogP contribution is -2.09. The molecule has 0 aliphatic heterocycles. The van der Waals surface area contributed by atoms with Crippen molar-refractivity contribution in [2.45, 2.75) is 0 Å². The van der Waals surface area contributed by atoms with Gasteiger partial charge < -0.3 is 16.4 Å². The predicted octanol–water partition coefficient (Wildman–Crippen LogP) is 0.640. The van der Waals surface area contributed by atoms with E-state index in [0.717, 1.165) is 0 Å². The van der Waals surface area contributed by atoms with Gasteiger partial charge in [0.2, 0.25) is 0 Å². The first kappa shape index (κ1) is 11.1. The largest absolute Gasteiger partial charge is 0.478 e. The van der Waals surface area contributed by atoms with Crippen molar-refractivity contribution in [3.8, 4) is 0 Å². The van der Waals surface area contributed by atoms with Gasteiger partial charge in [0, 0.05) is 6.20 Å². The number of aromatic nitrogens is 1. The second-order valence-corrected chi connectivity index (χ2v) is 2.01. The van der Waals surface area contributed by atoms with E-state index in [4.69, 9.17) is 10.2 Å². The fourth-order valence-corrected chi connectivity index (χ4v) is 0.748. The summed E-state index contributed by atoms with van der Waals surface area (Å²) in [7, 11) is 0. The normalized spacial score (nSPS) is 8.62. The van der Waals surface area contributed by atoms with E-state index < -0.39 is 17.6 Å². The molecule has 1 aromatic heterocycles. The molecule has 5 N–H and O–H groups in total. The lowest BCUT2D eigenvalue weighted by molar-refractivity contribution is 0.0646. The van der Waals surface area contributed by atoms with Gasteiger partial charge >= 0.3 is 11.9 Å². The fourth-order valence-electron chi connectivity index (χ4n) is 0.748. The van der Waals surface area contributed by atoms with Crippen molar-refractivity contribution in [1.82, 2.24) is 11.1 Å². The van der Waals surface area contributed by atoms with Gasteiger partial charge in [-0.2, -0.15) is 0 Å². The van der Waals surface area contributed by atoms with Crippen LogP contribution in [0.1, 0.15) is 20.8 Å². The summed E-state index contributed by atoms with van der Waals surface area (Å²) in [5, 5.41) is 17.0. The number of pyridine rings is 1. The van der Waals surface area contributed by atoms with Crippen LogP contribution in [0.15, 0.2) is 18.3 Å². The maximum atomic E-state index is 10.4. The Balaban J connectivity index is 0.00000144. The summed E-state index contributed by atoms with van der Waals surface area (Å²) < 4.78 is 0. The van der Waals surface area contributed by atoms with E-state index in [1.54, 1.807) is 0 Å². The molecule has 0 radical (unpaired) electrons. The van der Waals surface area contributed by atoms with Crippen LogP contribution in [0.25, 0.3) is 0 Å². The van der Waals surface area contributed by atoms with Gasteiger partial charge in [0.25, 0.3) is 0 Å². The van der Waals surface area contributed by atoms with Gasteiger partial charge in [-0.3, -0.25) is 0 Å². The van der Waals surface area contributed by atoms with E-state index in [1.165, 1.54) is 18.3 Å². The van der Waals surface area contributed by atoms with Crippen LogP contribution in [-0.4, -0.2) is 27.1 Å². The molecular formula is C7H8N2O4. The molecule has 0 unspecified atom stereocenters. The van der Waals surface area contributed by atoms with Gasteiger partial charge in [0.15, 0.2) is 5.69 Å². The highest BCUT2D eigenvalue weighted by Crippen LogP contribution is 2.04. The summed E-state index contributed by atoms with van der Waals surface area (Å²) in [6, 6.07) is 2.56. The number of nitrogens with zero attached hydrogens (tertiary/aromatic N) is 1. The molecule has 0 aromatic carbocycles. The first-order valence-electron chi connectivity index (χ1n) is 3.04. The van der Waals surface area contributed by atoms with Crippen molar-refractivity contribution in [1.29, 1.82) is 0 Å². The van der Waals surface area contributed by atoms with E-state index in [-0.39, 0.29) is 11.7 Å². The quantitative estimate of drug-likeness (QED) is 0.619. The van der Waals surface area contributed by atoms with Gasteiger partial charge in [-0.05, 0) is 12.1 Å². The molecule has 70 valence electrons. The lowest BCUT2D eigenvalue weighted by Gasteiger charge is -1.97. The van der Waals surface area contributed by atoms with Gasteiger partial charge in [0.05, 0.1) is 5.56 Å². The molecular weight excluding hydrogens is 176 g/mol. The molecule has 0 aliphatic carbocycles. The zero-order valence-electron chi connectivity index (χ0n) is 6.60. The number of hydrogen-bond donors (Lipinski definition) is 3. The maximum Gasteiger partial charge on any atom is 0.355 e. The highest BCUT2D eigenvalue weighted by Gasteiger charge is 2.15. The third-order valence-electron chi connectivity index (χ3n) is 1.24. The number of carbonyl (C=O) groups is 2. The molecule has 1 aromatic rings. The summed E-state index contributed by atoms with van der Waals surface area (Å²) in [5.41, 5.74) is -0.741. The summed E-state index contributed by atoms with van der Waals surface area (Å²) in [5.74, 6) is -2.63. The molecule has 0 amide bonds. The van der Waals surface area contributed by atoms with Crippen LogP contribution in [0.2, 0.25) is 0 Å². The molecule has 0 bridgehead atoms. The Labute approximate surface area is 73.4 Å². The maximum absolute atomic E-state index is 10.4. The monoisotopic (exact) mass is 184 g/mol. The highest BCUT2D eigenvalue weighted by molar-refractivity contribution is 5.99. The van der Waals surface area contributed by atoms with Crippen LogP contribution in [0, 0.1) is 0 Å². The van der Waals surface area contributed by atoms with Crippen LogP contribution in [0.4, 0.5) is 0 Å². The van der Waals surface area contributed by atoms with Crippen molar-refractivity contribution < 1.29 is 19.8 Å². The average molecular weight is 184 g/mol. The third kappa shape index (κ3) is 2.24. The van der Waals surface area contributed by atoms with Crippen molar-refractivity contribution >= 4 is 11.9 Å². The Morgan fingerprint density at radius 2 is 1.85 bits per heavy atom. The Morgan fingerprint density at radius 3 is 2.23 bits per heavy atom. The summed E-state index contributed by atoms with van der Waals surface area (Å²) in [6.45, 7) is 0. The number of carboxylic acid groups (broad SMARTS) is 2. The first-order valence-corrected chi connectivity index (χ1v) is 3.04. The van der Waals surface area contributed by atoms with E-state index >= 15 is 0 Å². The standard InChI is InChI=1S/C7H5NO4.H3N/c9-6(10)4-2-1-3-8-5(4)7(11)12;/h1-3H,(H,9,10)(H,11,12);1H3. The molecule has 0 aliphatic rings. The number of carboxylic acids is 2. The zero-order chi connectivity index (χ0) is 9.14. The molecule has 6 heteroatoms. The molecule has 13 heavy (non-hydrogen) atoms. The molecule has 1 heterocycles. The van der Waals surface area contributed by atoms with Crippen molar-refractivity contribution in [3.05, 3.63) is 29.6 Å². The predicted molar refractivity (Wildman–Crippen MR) is 43.2 cm³/mol. The Morgan fingerprint density at radius 1 is 1.23 bits per heavy atom. The number of aromatic carboxylic acids is 2. The molecule has 0 spiro atoms. The number of rotatable bonds is 2. The minimum Gasteiger partial charge on any atom is -0.478 e. The Hall–Kier alpha value is -1.95. The Kier molecular flexibility index (Phi) is 3.54. The lowest BCUT2D eigenvalue weighted by atomic mass is 10.2. The Bertz CT molecular complexity index is 304. The first-order chi connectivity index (χ1) is 5.63.